The van der Waals surface area contributed by atoms with E-state index in [-0.39, 0.29) is 18.8 Å². The molecule has 1 heterocycles. The maximum absolute atomic E-state index is 13.1. The molecule has 0 aliphatic carbocycles. The van der Waals surface area contributed by atoms with Crippen LogP contribution in [0.5, 0.6) is 0 Å². The Hall–Kier alpha value is -2.15. The monoisotopic (exact) mass is 282 g/mol. The Morgan fingerprint density at radius 1 is 1.45 bits per heavy atom. The van der Waals surface area contributed by atoms with Gasteiger partial charge in [0.05, 0.1) is 6.10 Å². The predicted molar refractivity (Wildman–Crippen MR) is 68.9 cm³/mol. The number of hydrogen-bond acceptors (Lipinski definition) is 3. The van der Waals surface area contributed by atoms with Gasteiger partial charge in [0, 0.05) is 18.7 Å². The average molecular weight is 282 g/mol. The van der Waals surface area contributed by atoms with Gasteiger partial charge in [-0.3, -0.25) is 0 Å². The predicted octanol–water partition coefficient (Wildman–Crippen LogP) is 1.19. The molecule has 7 heteroatoms. The van der Waals surface area contributed by atoms with Crippen molar-refractivity contribution in [1.82, 2.24) is 4.90 Å². The first-order valence-electron chi connectivity index (χ1n) is 6.13. The van der Waals surface area contributed by atoms with E-state index in [1.54, 1.807) is 6.92 Å². The highest BCUT2D eigenvalue weighted by Gasteiger charge is 2.38. The lowest BCUT2D eigenvalue weighted by Crippen LogP contribution is -2.43. The van der Waals surface area contributed by atoms with Gasteiger partial charge < -0.3 is 20.4 Å². The quantitative estimate of drug-likeness (QED) is 0.760. The van der Waals surface area contributed by atoms with E-state index in [1.807, 2.05) is 0 Å². The molecular formula is C13H15FN2O4. The van der Waals surface area contributed by atoms with Gasteiger partial charge in [-0.05, 0) is 30.7 Å². The summed E-state index contributed by atoms with van der Waals surface area (Å²) in [5, 5.41) is 21.0. The first kappa shape index (κ1) is 14.3. The number of likely N-dealkylation sites (tertiary alicyclic amines) is 1. The molecule has 1 aliphatic rings. The Bertz CT molecular complexity index is 549. The number of carbonyl (C=O) groups excluding carboxylic acids is 1. The van der Waals surface area contributed by atoms with Gasteiger partial charge in [-0.15, -0.1) is 0 Å². The summed E-state index contributed by atoms with van der Waals surface area (Å²) < 4.78 is 13.1. The molecule has 20 heavy (non-hydrogen) atoms. The molecule has 2 rings (SSSR count). The number of β-amino-alcohol motifs (C(OH)–C–C–N with tert-alkyl or cyclic N) is 1. The van der Waals surface area contributed by atoms with Crippen LogP contribution >= 0.6 is 0 Å². The molecule has 0 aromatic heterocycles. The second kappa shape index (κ2) is 5.46. The number of carboxylic acids is 1. The average Bonchev–Trinajstić information content (AvgIpc) is 2.76. The lowest BCUT2D eigenvalue weighted by atomic mass is 10.2. The van der Waals surface area contributed by atoms with Crippen molar-refractivity contribution in [2.24, 2.45) is 0 Å². The van der Waals surface area contributed by atoms with Crippen molar-refractivity contribution in [3.63, 3.8) is 0 Å². The van der Waals surface area contributed by atoms with Crippen LogP contribution in [0, 0.1) is 12.7 Å². The topological polar surface area (TPSA) is 89.9 Å². The van der Waals surface area contributed by atoms with Gasteiger partial charge in [-0.2, -0.15) is 0 Å². The number of aliphatic carboxylic acids is 1. The fourth-order valence-electron chi connectivity index (χ4n) is 2.19. The van der Waals surface area contributed by atoms with Crippen molar-refractivity contribution >= 4 is 17.7 Å². The zero-order valence-corrected chi connectivity index (χ0v) is 10.8. The molecular weight excluding hydrogens is 267 g/mol. The highest BCUT2D eigenvalue weighted by atomic mass is 19.1. The molecule has 2 atom stereocenters. The van der Waals surface area contributed by atoms with E-state index in [4.69, 9.17) is 5.11 Å². The third-order valence-electron chi connectivity index (χ3n) is 3.23. The molecule has 108 valence electrons. The summed E-state index contributed by atoms with van der Waals surface area (Å²) >= 11 is 0. The van der Waals surface area contributed by atoms with Crippen molar-refractivity contribution in [3.8, 4) is 0 Å². The number of benzene rings is 1. The van der Waals surface area contributed by atoms with Crippen molar-refractivity contribution in [2.75, 3.05) is 11.9 Å². The van der Waals surface area contributed by atoms with E-state index in [1.165, 1.54) is 18.2 Å². The second-order valence-electron chi connectivity index (χ2n) is 4.79. The Labute approximate surface area is 114 Å². The van der Waals surface area contributed by atoms with Gasteiger partial charge in [0.25, 0.3) is 0 Å². The van der Waals surface area contributed by atoms with Crippen LogP contribution in [0.2, 0.25) is 0 Å². The molecule has 0 bridgehead atoms. The number of anilines is 1. The van der Waals surface area contributed by atoms with Crippen molar-refractivity contribution in [2.45, 2.75) is 25.5 Å². The van der Waals surface area contributed by atoms with Gasteiger partial charge in [0.15, 0.2) is 0 Å². The van der Waals surface area contributed by atoms with Crippen molar-refractivity contribution in [3.05, 3.63) is 29.6 Å². The highest BCUT2D eigenvalue weighted by molar-refractivity contribution is 5.92. The number of nitrogens with zero attached hydrogens (tertiary/aromatic N) is 1. The summed E-state index contributed by atoms with van der Waals surface area (Å²) in [4.78, 5) is 24.1. The third-order valence-corrected chi connectivity index (χ3v) is 3.23. The van der Waals surface area contributed by atoms with E-state index in [9.17, 15) is 19.1 Å². The minimum absolute atomic E-state index is 0.00516. The zero-order chi connectivity index (χ0) is 14.9. The molecule has 1 fully saturated rings. The van der Waals surface area contributed by atoms with Crippen LogP contribution in [-0.2, 0) is 4.79 Å². The van der Waals surface area contributed by atoms with E-state index < -0.39 is 24.1 Å². The van der Waals surface area contributed by atoms with Crippen LogP contribution in [-0.4, -0.2) is 45.8 Å². The smallest absolute Gasteiger partial charge is 0.326 e. The lowest BCUT2D eigenvalue weighted by molar-refractivity contribution is -0.141. The number of aliphatic hydroxyl groups excluding tert-OH is 1. The molecule has 3 N–H and O–H groups in total. The first-order valence-corrected chi connectivity index (χ1v) is 6.13. The van der Waals surface area contributed by atoms with Crippen LogP contribution in [0.1, 0.15) is 12.0 Å². The maximum atomic E-state index is 13.1. The number of urea groups is 1. The first-order chi connectivity index (χ1) is 9.38. The van der Waals surface area contributed by atoms with Gasteiger partial charge in [-0.25, -0.2) is 14.0 Å². The van der Waals surface area contributed by atoms with Crippen molar-refractivity contribution in [1.29, 1.82) is 0 Å². The summed E-state index contributed by atoms with van der Waals surface area (Å²) in [6, 6.07) is 2.39. The number of amides is 2. The molecule has 0 saturated carbocycles. The summed E-state index contributed by atoms with van der Waals surface area (Å²) in [5.41, 5.74) is 0.749. The summed E-state index contributed by atoms with van der Waals surface area (Å²) in [6.07, 6.45) is -0.845. The number of aryl methyl sites for hydroxylation is 1. The van der Waals surface area contributed by atoms with Gasteiger partial charge >= 0.3 is 12.0 Å². The summed E-state index contributed by atoms with van der Waals surface area (Å²) in [5.74, 6) is -1.55. The minimum Gasteiger partial charge on any atom is -0.480 e. The molecule has 1 saturated heterocycles. The van der Waals surface area contributed by atoms with Crippen LogP contribution in [0.4, 0.5) is 14.9 Å². The molecule has 1 aromatic rings. The number of aliphatic hydroxyl groups is 1. The molecule has 2 amide bonds. The number of halogens is 1. The number of carbonyl (C=O) groups is 2. The number of carboxylic acid groups (broad SMARTS) is 1. The van der Waals surface area contributed by atoms with Crippen LogP contribution in [0.3, 0.4) is 0 Å². The molecule has 0 unspecified atom stereocenters. The lowest BCUT2D eigenvalue weighted by Gasteiger charge is -2.21. The van der Waals surface area contributed by atoms with Gasteiger partial charge in [-0.1, -0.05) is 0 Å². The Morgan fingerprint density at radius 3 is 2.75 bits per heavy atom. The van der Waals surface area contributed by atoms with Crippen LogP contribution in [0.25, 0.3) is 0 Å². The normalized spacial score (nSPS) is 21.9. The molecule has 0 radical (unpaired) electrons. The number of nitrogens with one attached hydrogen (secondary N) is 1. The van der Waals surface area contributed by atoms with E-state index in [0.717, 1.165) is 4.90 Å². The molecule has 1 aliphatic heterocycles. The fourth-order valence-corrected chi connectivity index (χ4v) is 2.19. The number of rotatable bonds is 2. The second-order valence-corrected chi connectivity index (χ2v) is 4.79. The minimum atomic E-state index is -1.16. The SMILES string of the molecule is Cc1cc(NC(=O)N2C[C@@H](O)C[C@H]2C(=O)O)ccc1F. The molecule has 0 spiro atoms. The summed E-state index contributed by atoms with van der Waals surface area (Å²) in [7, 11) is 0. The standard InChI is InChI=1S/C13H15FN2O4/c1-7-4-8(2-3-10(7)14)15-13(20)16-6-9(17)5-11(16)12(18)19/h2-4,9,11,17H,5-6H2,1H3,(H,15,20)(H,18,19)/t9-,11-/m0/s1. The van der Waals surface area contributed by atoms with E-state index in [2.05, 4.69) is 5.32 Å². The fraction of sp³-hybridized carbons (Fsp3) is 0.385. The van der Waals surface area contributed by atoms with Gasteiger partial charge in [0.1, 0.15) is 11.9 Å². The van der Waals surface area contributed by atoms with E-state index >= 15 is 0 Å². The van der Waals surface area contributed by atoms with Crippen molar-refractivity contribution < 1.29 is 24.2 Å². The third kappa shape index (κ3) is 2.88. The van der Waals surface area contributed by atoms with Crippen LogP contribution in [0.15, 0.2) is 18.2 Å². The molecule has 1 aromatic carbocycles. The Balaban J connectivity index is 2.11. The van der Waals surface area contributed by atoms with Gasteiger partial charge in [0.2, 0.25) is 0 Å². The Morgan fingerprint density at radius 2 is 2.15 bits per heavy atom. The highest BCUT2D eigenvalue weighted by Crippen LogP contribution is 2.20. The summed E-state index contributed by atoms with van der Waals surface area (Å²) in [6.45, 7) is 1.52. The van der Waals surface area contributed by atoms with Crippen LogP contribution < -0.4 is 5.32 Å². The number of hydrogen-bond donors (Lipinski definition) is 3. The van der Waals surface area contributed by atoms with E-state index in [0.29, 0.717) is 11.3 Å². The maximum Gasteiger partial charge on any atom is 0.326 e. The Kier molecular flexibility index (Phi) is 3.89. The largest absolute Gasteiger partial charge is 0.480 e. The zero-order valence-electron chi connectivity index (χ0n) is 10.8. The molecule has 6 nitrogen and oxygen atoms in total.